The minimum atomic E-state index is -1.27. The number of carbonyl (C=O) groups excluding carboxylic acids is 1. The average Bonchev–Trinajstić information content (AvgIpc) is 2.44. The van der Waals surface area contributed by atoms with Gasteiger partial charge in [-0.25, -0.2) is 14.3 Å². The Morgan fingerprint density at radius 1 is 1.41 bits per heavy atom. The Labute approximate surface area is 97.6 Å². The molecule has 94 valence electrons. The van der Waals surface area contributed by atoms with E-state index in [2.05, 4.69) is 15.6 Å². The van der Waals surface area contributed by atoms with Crippen molar-refractivity contribution in [3.05, 3.63) is 5.69 Å². The number of hydrogen-bond acceptors (Lipinski definition) is 5. The summed E-state index contributed by atoms with van der Waals surface area (Å²) in [5, 5.41) is 18.0. The molecule has 0 aliphatic rings. The lowest BCUT2D eigenvalue weighted by molar-refractivity contribution is 0.0634. The van der Waals surface area contributed by atoms with E-state index in [0.717, 1.165) is 4.68 Å². The number of carbonyl (C=O) groups is 2. The van der Waals surface area contributed by atoms with Gasteiger partial charge in [-0.3, -0.25) is 5.32 Å². The van der Waals surface area contributed by atoms with E-state index in [1.807, 2.05) is 0 Å². The van der Waals surface area contributed by atoms with Crippen molar-refractivity contribution in [3.63, 3.8) is 0 Å². The summed E-state index contributed by atoms with van der Waals surface area (Å²) in [6.07, 6.45) is -0.759. The van der Waals surface area contributed by atoms with Crippen LogP contribution >= 0.6 is 0 Å². The number of rotatable bonds is 2. The normalized spacial score (nSPS) is 11.1. The highest BCUT2D eigenvalue weighted by atomic mass is 16.6. The second kappa shape index (κ2) is 4.40. The topological polar surface area (TPSA) is 106 Å². The van der Waals surface area contributed by atoms with Crippen LogP contribution < -0.4 is 5.32 Å². The Hall–Kier alpha value is -2.12. The van der Waals surface area contributed by atoms with Crippen LogP contribution in [0, 0.1) is 0 Å². The molecule has 8 nitrogen and oxygen atoms in total. The number of carboxylic acids is 1. The van der Waals surface area contributed by atoms with Gasteiger partial charge in [-0.05, 0) is 20.8 Å². The molecule has 0 spiro atoms. The molecule has 1 amide bonds. The van der Waals surface area contributed by atoms with Gasteiger partial charge in [-0.1, -0.05) is 5.21 Å². The number of amides is 1. The number of hydrogen-bond donors (Lipinski definition) is 2. The Bertz CT molecular complexity index is 446. The Kier molecular flexibility index (Phi) is 3.35. The number of nitrogens with one attached hydrogen (secondary N) is 1. The largest absolute Gasteiger partial charge is 0.476 e. The van der Waals surface area contributed by atoms with Crippen LogP contribution in [0.1, 0.15) is 31.3 Å². The number of aromatic nitrogens is 3. The minimum absolute atomic E-state index is 0.0215. The summed E-state index contributed by atoms with van der Waals surface area (Å²) in [6.45, 7) is 5.10. The first-order valence-corrected chi connectivity index (χ1v) is 4.83. The van der Waals surface area contributed by atoms with Gasteiger partial charge in [0, 0.05) is 7.05 Å². The number of aromatic carboxylic acids is 1. The zero-order valence-corrected chi connectivity index (χ0v) is 10.0. The highest BCUT2D eigenvalue weighted by molar-refractivity contribution is 5.95. The Balaban J connectivity index is 2.85. The molecule has 0 radical (unpaired) electrons. The minimum Gasteiger partial charge on any atom is -0.476 e. The van der Waals surface area contributed by atoms with Gasteiger partial charge >= 0.3 is 12.1 Å². The van der Waals surface area contributed by atoms with E-state index < -0.39 is 17.7 Å². The number of nitrogens with zero attached hydrogens (tertiary/aromatic N) is 3. The van der Waals surface area contributed by atoms with Crippen LogP contribution in [0.25, 0.3) is 0 Å². The first kappa shape index (κ1) is 12.9. The van der Waals surface area contributed by atoms with Gasteiger partial charge in [0.15, 0.2) is 5.82 Å². The standard InChI is InChI=1S/C9H14N4O4/c1-9(2,3)17-8(16)10-6-5(7(14)15)11-12-13(6)4/h1-4H3,(H,10,16)(H,14,15). The zero-order chi connectivity index (χ0) is 13.2. The molecule has 0 aliphatic carbocycles. The monoisotopic (exact) mass is 242 g/mol. The Morgan fingerprint density at radius 2 is 2.00 bits per heavy atom. The van der Waals surface area contributed by atoms with Gasteiger partial charge in [-0.2, -0.15) is 0 Å². The molecule has 1 aromatic rings. The maximum Gasteiger partial charge on any atom is 0.413 e. The second-order valence-electron chi connectivity index (χ2n) is 4.34. The molecule has 2 N–H and O–H groups in total. The third-order valence-corrected chi connectivity index (χ3v) is 1.65. The number of carboxylic acid groups (broad SMARTS) is 1. The molecular formula is C9H14N4O4. The third kappa shape index (κ3) is 3.44. The van der Waals surface area contributed by atoms with Gasteiger partial charge in [-0.15, -0.1) is 5.10 Å². The summed E-state index contributed by atoms with van der Waals surface area (Å²) in [6, 6.07) is 0. The highest BCUT2D eigenvalue weighted by Crippen LogP contribution is 2.13. The smallest absolute Gasteiger partial charge is 0.413 e. The summed E-state index contributed by atoms with van der Waals surface area (Å²) in [4.78, 5) is 22.3. The molecule has 0 saturated heterocycles. The van der Waals surface area contributed by atoms with Crippen molar-refractivity contribution in [2.24, 2.45) is 7.05 Å². The summed E-state index contributed by atoms with van der Waals surface area (Å²) in [5.41, 5.74) is -1.00. The summed E-state index contributed by atoms with van der Waals surface area (Å²) in [7, 11) is 1.46. The SMILES string of the molecule is Cn1nnc(C(=O)O)c1NC(=O)OC(C)(C)C. The average molecular weight is 242 g/mol. The van der Waals surface area contributed by atoms with Gasteiger partial charge in [0.1, 0.15) is 5.60 Å². The molecule has 0 aliphatic heterocycles. The molecule has 8 heteroatoms. The molecular weight excluding hydrogens is 228 g/mol. The quantitative estimate of drug-likeness (QED) is 0.796. The predicted molar refractivity (Wildman–Crippen MR) is 57.8 cm³/mol. The van der Waals surface area contributed by atoms with Gasteiger partial charge in [0.05, 0.1) is 0 Å². The van der Waals surface area contributed by atoms with Crippen LogP contribution in [0.3, 0.4) is 0 Å². The second-order valence-corrected chi connectivity index (χ2v) is 4.34. The van der Waals surface area contributed by atoms with Crippen molar-refractivity contribution in [1.82, 2.24) is 15.0 Å². The van der Waals surface area contributed by atoms with E-state index in [9.17, 15) is 9.59 Å². The fourth-order valence-corrected chi connectivity index (χ4v) is 1.04. The summed E-state index contributed by atoms with van der Waals surface area (Å²) in [5.74, 6) is -1.30. The maximum absolute atomic E-state index is 11.5. The van der Waals surface area contributed by atoms with Gasteiger partial charge < -0.3 is 9.84 Å². The third-order valence-electron chi connectivity index (χ3n) is 1.65. The lowest BCUT2D eigenvalue weighted by atomic mass is 10.2. The first-order valence-electron chi connectivity index (χ1n) is 4.83. The van der Waals surface area contributed by atoms with Crippen molar-refractivity contribution in [2.75, 3.05) is 5.32 Å². The van der Waals surface area contributed by atoms with Crippen LogP contribution in [-0.4, -0.2) is 37.8 Å². The van der Waals surface area contributed by atoms with E-state index in [0.29, 0.717) is 0 Å². The van der Waals surface area contributed by atoms with Gasteiger partial charge in [0.2, 0.25) is 5.69 Å². The fourth-order valence-electron chi connectivity index (χ4n) is 1.04. The molecule has 1 heterocycles. The van der Waals surface area contributed by atoms with Crippen LogP contribution in [0.2, 0.25) is 0 Å². The molecule has 0 unspecified atom stereocenters. The first-order chi connectivity index (χ1) is 7.70. The Morgan fingerprint density at radius 3 is 2.47 bits per heavy atom. The van der Waals surface area contributed by atoms with Crippen molar-refractivity contribution in [2.45, 2.75) is 26.4 Å². The molecule has 0 aromatic carbocycles. The van der Waals surface area contributed by atoms with Crippen molar-refractivity contribution in [3.8, 4) is 0 Å². The molecule has 17 heavy (non-hydrogen) atoms. The van der Waals surface area contributed by atoms with Crippen molar-refractivity contribution >= 4 is 17.9 Å². The number of anilines is 1. The zero-order valence-electron chi connectivity index (χ0n) is 10.0. The van der Waals surface area contributed by atoms with E-state index in [-0.39, 0.29) is 11.5 Å². The predicted octanol–water partition coefficient (Wildman–Crippen LogP) is 0.860. The number of aryl methyl sites for hydroxylation is 1. The van der Waals surface area contributed by atoms with Crippen LogP contribution in [0.15, 0.2) is 0 Å². The molecule has 1 rings (SSSR count). The van der Waals surface area contributed by atoms with E-state index in [1.165, 1.54) is 7.05 Å². The van der Waals surface area contributed by atoms with Crippen LogP contribution in [0.4, 0.5) is 10.6 Å². The lowest BCUT2D eigenvalue weighted by Crippen LogP contribution is -2.28. The lowest BCUT2D eigenvalue weighted by Gasteiger charge is -2.19. The number of ether oxygens (including phenoxy) is 1. The molecule has 0 fully saturated rings. The molecule has 0 bridgehead atoms. The maximum atomic E-state index is 11.5. The van der Waals surface area contributed by atoms with E-state index in [1.54, 1.807) is 20.8 Å². The van der Waals surface area contributed by atoms with Crippen LogP contribution in [0.5, 0.6) is 0 Å². The molecule has 0 saturated carbocycles. The summed E-state index contributed by atoms with van der Waals surface area (Å²) < 4.78 is 6.14. The highest BCUT2D eigenvalue weighted by Gasteiger charge is 2.22. The van der Waals surface area contributed by atoms with Crippen LogP contribution in [-0.2, 0) is 11.8 Å². The summed E-state index contributed by atoms with van der Waals surface area (Å²) >= 11 is 0. The van der Waals surface area contributed by atoms with Gasteiger partial charge in [0.25, 0.3) is 0 Å². The van der Waals surface area contributed by atoms with E-state index in [4.69, 9.17) is 9.84 Å². The molecule has 1 aromatic heterocycles. The van der Waals surface area contributed by atoms with Crippen molar-refractivity contribution in [1.29, 1.82) is 0 Å². The van der Waals surface area contributed by atoms with Crippen molar-refractivity contribution < 1.29 is 19.4 Å². The fraction of sp³-hybridized carbons (Fsp3) is 0.556. The van der Waals surface area contributed by atoms with E-state index >= 15 is 0 Å². The molecule has 0 atom stereocenters.